The number of anilines is 1. The summed E-state index contributed by atoms with van der Waals surface area (Å²) in [6, 6.07) is 10.4. The number of aromatic nitrogens is 4. The summed E-state index contributed by atoms with van der Waals surface area (Å²) in [7, 11) is 4.79. The zero-order chi connectivity index (χ0) is 24.4. The molecule has 0 radical (unpaired) electrons. The number of oxime groups is 1. The second kappa shape index (κ2) is 9.36. The van der Waals surface area contributed by atoms with Gasteiger partial charge in [0.2, 0.25) is 0 Å². The van der Waals surface area contributed by atoms with E-state index in [9.17, 15) is 14.8 Å². The highest BCUT2D eigenvalue weighted by Gasteiger charge is 2.26. The number of carbonyl (C=O) groups is 2. The fourth-order valence-corrected chi connectivity index (χ4v) is 3.99. The molecule has 3 aromatic heterocycles. The van der Waals surface area contributed by atoms with Crippen LogP contribution >= 0.6 is 11.6 Å². The van der Waals surface area contributed by atoms with Gasteiger partial charge in [-0.25, -0.2) is 9.78 Å². The van der Waals surface area contributed by atoms with Crippen molar-refractivity contribution in [3.05, 3.63) is 76.6 Å². The molecule has 0 saturated carbocycles. The SMILES string of the molecule is CN(Cc1cc2c(Cl)cccc2[nH]1)C(=O)N(C)c1nc(/C(=N/O)c2ccncc2)n(C)c1C=O. The molecule has 2 amide bonds. The maximum atomic E-state index is 13.2. The number of urea groups is 1. The Morgan fingerprint density at radius 1 is 1.26 bits per heavy atom. The smallest absolute Gasteiger partial charge is 0.325 e. The lowest BCUT2D eigenvalue weighted by Crippen LogP contribution is -2.39. The highest BCUT2D eigenvalue weighted by molar-refractivity contribution is 6.35. The van der Waals surface area contributed by atoms with Crippen LogP contribution < -0.4 is 4.90 Å². The molecule has 0 aliphatic rings. The molecule has 0 atom stereocenters. The molecular weight excluding hydrogens is 458 g/mol. The van der Waals surface area contributed by atoms with Crippen LogP contribution in [-0.4, -0.2) is 61.8 Å². The lowest BCUT2D eigenvalue weighted by molar-refractivity contribution is 0.111. The summed E-state index contributed by atoms with van der Waals surface area (Å²) in [5.41, 5.74) is 2.53. The first-order valence-corrected chi connectivity index (χ1v) is 10.6. The molecule has 0 bridgehead atoms. The number of aromatic amines is 1. The third-order valence-corrected chi connectivity index (χ3v) is 5.83. The molecule has 11 heteroatoms. The second-order valence-electron chi connectivity index (χ2n) is 7.70. The van der Waals surface area contributed by atoms with Gasteiger partial charge in [-0.1, -0.05) is 22.8 Å². The monoisotopic (exact) mass is 479 g/mol. The summed E-state index contributed by atoms with van der Waals surface area (Å²) in [5.74, 6) is 0.359. The Balaban J connectivity index is 1.61. The summed E-state index contributed by atoms with van der Waals surface area (Å²) < 4.78 is 1.47. The minimum Gasteiger partial charge on any atom is -0.410 e. The van der Waals surface area contributed by atoms with Gasteiger partial charge < -0.3 is 19.7 Å². The van der Waals surface area contributed by atoms with Crippen molar-refractivity contribution >= 4 is 46.4 Å². The number of imidazole rings is 1. The van der Waals surface area contributed by atoms with Crippen LogP contribution in [0, 0.1) is 0 Å². The van der Waals surface area contributed by atoms with Crippen molar-refractivity contribution in [2.75, 3.05) is 19.0 Å². The first-order valence-electron chi connectivity index (χ1n) is 10.2. The number of hydrogen-bond donors (Lipinski definition) is 2. The zero-order valence-corrected chi connectivity index (χ0v) is 19.5. The summed E-state index contributed by atoms with van der Waals surface area (Å²) in [6.45, 7) is 0.282. The molecule has 0 aliphatic heterocycles. The molecule has 1 aromatic carbocycles. The fourth-order valence-electron chi connectivity index (χ4n) is 3.76. The number of rotatable bonds is 6. The molecular formula is C23H22ClN7O3. The van der Waals surface area contributed by atoms with Gasteiger partial charge in [0, 0.05) is 60.7 Å². The molecule has 3 heterocycles. The minimum atomic E-state index is -0.385. The molecule has 174 valence electrons. The molecule has 10 nitrogen and oxygen atoms in total. The first kappa shape index (κ1) is 23.0. The van der Waals surface area contributed by atoms with Crippen LogP contribution in [-0.2, 0) is 13.6 Å². The normalized spacial score (nSPS) is 11.6. The van der Waals surface area contributed by atoms with Crippen molar-refractivity contribution in [3.63, 3.8) is 0 Å². The zero-order valence-electron chi connectivity index (χ0n) is 18.7. The third kappa shape index (κ3) is 4.11. The number of benzene rings is 1. The van der Waals surface area contributed by atoms with E-state index in [1.165, 1.54) is 21.4 Å². The minimum absolute atomic E-state index is 0.138. The van der Waals surface area contributed by atoms with Crippen molar-refractivity contribution in [2.24, 2.45) is 12.2 Å². The number of amides is 2. The van der Waals surface area contributed by atoms with Gasteiger partial charge in [0.05, 0.1) is 6.54 Å². The van der Waals surface area contributed by atoms with E-state index in [2.05, 4.69) is 20.1 Å². The number of fused-ring (bicyclic) bond motifs is 1. The summed E-state index contributed by atoms with van der Waals surface area (Å²) in [6.07, 6.45) is 3.70. The summed E-state index contributed by atoms with van der Waals surface area (Å²) in [4.78, 5) is 39.5. The average molecular weight is 480 g/mol. The predicted octanol–water partition coefficient (Wildman–Crippen LogP) is 3.68. The Hall–Kier alpha value is -4.18. The summed E-state index contributed by atoms with van der Waals surface area (Å²) >= 11 is 6.25. The standard InChI is InChI=1S/C23H22ClN7O3/c1-29(12-15-11-16-17(24)5-4-6-18(16)26-15)23(33)31(3)21-19(13-32)30(2)22(27-21)20(28-34)14-7-9-25-10-8-14/h4-11,13,26,34H,12H2,1-3H3/b28-20+. The van der Waals surface area contributed by atoms with Crippen molar-refractivity contribution < 1.29 is 14.8 Å². The Morgan fingerprint density at radius 3 is 2.65 bits per heavy atom. The number of halogens is 1. The maximum Gasteiger partial charge on any atom is 0.325 e. The largest absolute Gasteiger partial charge is 0.410 e. The van der Waals surface area contributed by atoms with Crippen molar-refractivity contribution in [1.82, 2.24) is 24.4 Å². The highest BCUT2D eigenvalue weighted by Crippen LogP contribution is 2.25. The van der Waals surface area contributed by atoms with Gasteiger partial charge in [0.15, 0.2) is 23.6 Å². The van der Waals surface area contributed by atoms with E-state index in [0.717, 1.165) is 16.6 Å². The van der Waals surface area contributed by atoms with Gasteiger partial charge in [0.1, 0.15) is 5.69 Å². The number of H-pyrrole nitrogens is 1. The number of nitrogens with zero attached hydrogens (tertiary/aromatic N) is 6. The van der Waals surface area contributed by atoms with Crippen molar-refractivity contribution in [2.45, 2.75) is 6.54 Å². The van der Waals surface area contributed by atoms with E-state index in [1.807, 2.05) is 18.2 Å². The molecule has 0 aliphatic carbocycles. The molecule has 4 rings (SSSR count). The van der Waals surface area contributed by atoms with Gasteiger partial charge in [-0.15, -0.1) is 0 Å². The van der Waals surface area contributed by atoms with E-state index in [1.54, 1.807) is 44.7 Å². The number of aldehydes is 1. The number of hydrogen-bond acceptors (Lipinski definition) is 6. The van der Waals surface area contributed by atoms with E-state index < -0.39 is 0 Å². The van der Waals surface area contributed by atoms with Gasteiger partial charge >= 0.3 is 6.03 Å². The van der Waals surface area contributed by atoms with Crippen LogP contribution in [0.25, 0.3) is 10.9 Å². The number of pyridine rings is 1. The predicted molar refractivity (Wildman–Crippen MR) is 129 cm³/mol. The highest BCUT2D eigenvalue weighted by atomic mass is 35.5. The summed E-state index contributed by atoms with van der Waals surface area (Å²) in [5, 5.41) is 14.5. The fraction of sp³-hybridized carbons (Fsp3) is 0.174. The van der Waals surface area contributed by atoms with E-state index in [-0.39, 0.29) is 35.6 Å². The van der Waals surface area contributed by atoms with Crippen LogP contribution in [0.2, 0.25) is 5.02 Å². The van der Waals surface area contributed by atoms with Crippen LogP contribution in [0.1, 0.15) is 27.6 Å². The van der Waals surface area contributed by atoms with E-state index >= 15 is 0 Å². The Bertz CT molecular complexity index is 1390. The third-order valence-electron chi connectivity index (χ3n) is 5.50. The van der Waals surface area contributed by atoms with Crippen LogP contribution in [0.3, 0.4) is 0 Å². The topological polar surface area (TPSA) is 120 Å². The Kier molecular flexibility index (Phi) is 6.33. The molecule has 0 spiro atoms. The van der Waals surface area contributed by atoms with Gasteiger partial charge in [-0.3, -0.25) is 14.7 Å². The lowest BCUT2D eigenvalue weighted by atomic mass is 10.1. The molecule has 0 fully saturated rings. The van der Waals surface area contributed by atoms with Crippen LogP contribution in [0.5, 0.6) is 0 Å². The first-order chi connectivity index (χ1) is 16.3. The van der Waals surface area contributed by atoms with Crippen LogP contribution in [0.15, 0.2) is 53.9 Å². The Labute approximate surface area is 200 Å². The number of carbonyl (C=O) groups excluding carboxylic acids is 2. The average Bonchev–Trinajstić information content (AvgIpc) is 3.40. The lowest BCUT2D eigenvalue weighted by Gasteiger charge is -2.23. The maximum absolute atomic E-state index is 13.2. The second-order valence-corrected chi connectivity index (χ2v) is 8.11. The van der Waals surface area contributed by atoms with Gasteiger partial charge in [-0.05, 0) is 30.3 Å². The van der Waals surface area contributed by atoms with Gasteiger partial charge in [-0.2, -0.15) is 0 Å². The van der Waals surface area contributed by atoms with Crippen molar-refractivity contribution in [3.8, 4) is 0 Å². The Morgan fingerprint density at radius 2 is 2.00 bits per heavy atom. The molecule has 0 unspecified atom stereocenters. The molecule has 4 aromatic rings. The quantitative estimate of drug-likeness (QED) is 0.189. The molecule has 2 N–H and O–H groups in total. The van der Waals surface area contributed by atoms with Crippen LogP contribution in [0.4, 0.5) is 10.6 Å². The van der Waals surface area contributed by atoms with Gasteiger partial charge in [0.25, 0.3) is 0 Å². The van der Waals surface area contributed by atoms with Crippen molar-refractivity contribution in [1.29, 1.82) is 0 Å². The number of nitrogens with one attached hydrogen (secondary N) is 1. The van der Waals surface area contributed by atoms with E-state index in [0.29, 0.717) is 16.9 Å². The van der Waals surface area contributed by atoms with E-state index in [4.69, 9.17) is 11.6 Å². The molecule has 0 saturated heterocycles. The molecule has 34 heavy (non-hydrogen) atoms.